The summed E-state index contributed by atoms with van der Waals surface area (Å²) in [6.07, 6.45) is 2.20. The van der Waals surface area contributed by atoms with Crippen LogP contribution in [0.5, 0.6) is 0 Å². The summed E-state index contributed by atoms with van der Waals surface area (Å²) in [5, 5.41) is 3.47. The first-order valence-electron chi connectivity index (χ1n) is 10.2. The molecule has 3 atom stereocenters. The lowest BCUT2D eigenvalue weighted by Crippen LogP contribution is -2.49. The molecule has 0 N–H and O–H groups in total. The number of halogens is 3. The lowest BCUT2D eigenvalue weighted by atomic mass is 9.76. The van der Waals surface area contributed by atoms with Gasteiger partial charge in [0.15, 0.2) is 0 Å². The Morgan fingerprint density at radius 3 is 2.32 bits per heavy atom. The molecule has 5 nitrogen and oxygen atoms in total. The van der Waals surface area contributed by atoms with Crippen molar-refractivity contribution >= 4 is 52.5 Å². The topological polar surface area (TPSA) is 57.7 Å². The van der Waals surface area contributed by atoms with Gasteiger partial charge in [-0.2, -0.15) is 5.01 Å². The Morgan fingerprint density at radius 2 is 1.65 bits per heavy atom. The van der Waals surface area contributed by atoms with Gasteiger partial charge in [-0.15, -0.1) is 0 Å². The van der Waals surface area contributed by atoms with Crippen LogP contribution in [0.2, 0.25) is 15.1 Å². The molecule has 2 aromatic carbocycles. The highest BCUT2D eigenvalue weighted by Gasteiger charge is 2.52. The van der Waals surface area contributed by atoms with Crippen LogP contribution < -0.4 is 0 Å². The van der Waals surface area contributed by atoms with Crippen LogP contribution in [0.25, 0.3) is 0 Å². The summed E-state index contributed by atoms with van der Waals surface area (Å²) in [7, 11) is 0. The molecule has 0 spiro atoms. The zero-order chi connectivity index (χ0) is 22.3. The fourth-order valence-electron chi connectivity index (χ4n) is 4.40. The van der Waals surface area contributed by atoms with Gasteiger partial charge in [-0.1, -0.05) is 47.8 Å². The molecule has 0 unspecified atom stereocenters. The van der Waals surface area contributed by atoms with Crippen molar-refractivity contribution in [3.05, 3.63) is 68.7 Å². The quantitative estimate of drug-likeness (QED) is 0.534. The van der Waals surface area contributed by atoms with E-state index in [-0.39, 0.29) is 30.2 Å². The number of hydrogen-bond acceptors (Lipinski definition) is 3. The van der Waals surface area contributed by atoms with E-state index in [0.29, 0.717) is 45.0 Å². The van der Waals surface area contributed by atoms with Crippen molar-refractivity contribution in [1.82, 2.24) is 10.0 Å². The van der Waals surface area contributed by atoms with E-state index in [1.807, 2.05) is 0 Å². The zero-order valence-corrected chi connectivity index (χ0v) is 19.1. The summed E-state index contributed by atoms with van der Waals surface area (Å²) in [4.78, 5) is 40.0. The number of carbonyl (C=O) groups is 3. The van der Waals surface area contributed by atoms with Gasteiger partial charge in [-0.3, -0.25) is 14.4 Å². The van der Waals surface area contributed by atoms with E-state index in [4.69, 9.17) is 34.8 Å². The summed E-state index contributed by atoms with van der Waals surface area (Å²) < 4.78 is 0. The van der Waals surface area contributed by atoms with Gasteiger partial charge in [0.1, 0.15) is 0 Å². The van der Waals surface area contributed by atoms with Crippen LogP contribution in [-0.4, -0.2) is 27.7 Å². The highest BCUT2D eigenvalue weighted by molar-refractivity contribution is 6.42. The molecule has 1 saturated heterocycles. The van der Waals surface area contributed by atoms with E-state index in [9.17, 15) is 14.4 Å². The molecule has 31 heavy (non-hydrogen) atoms. The number of carbonyl (C=O) groups excluding carboxylic acids is 3. The summed E-state index contributed by atoms with van der Waals surface area (Å²) in [5.41, 5.74) is 0.980. The van der Waals surface area contributed by atoms with E-state index < -0.39 is 5.91 Å². The van der Waals surface area contributed by atoms with Gasteiger partial charge in [-0.25, -0.2) is 5.01 Å². The maximum Gasteiger partial charge on any atom is 0.273 e. The van der Waals surface area contributed by atoms with Crippen molar-refractivity contribution in [2.24, 2.45) is 17.8 Å². The monoisotopic (exact) mass is 478 g/mol. The van der Waals surface area contributed by atoms with E-state index >= 15 is 0 Å². The number of nitrogens with zero attached hydrogens (tertiary/aromatic N) is 2. The Labute approximate surface area is 195 Å². The van der Waals surface area contributed by atoms with Gasteiger partial charge in [0, 0.05) is 10.6 Å². The molecule has 1 aliphatic carbocycles. The average molecular weight is 480 g/mol. The van der Waals surface area contributed by atoms with Crippen LogP contribution in [0.1, 0.15) is 42.1 Å². The molecule has 162 valence electrons. The zero-order valence-electron chi connectivity index (χ0n) is 16.9. The van der Waals surface area contributed by atoms with Crippen LogP contribution in [0.4, 0.5) is 0 Å². The smallest absolute Gasteiger partial charge is 0.272 e. The number of hydrazine groups is 1. The Kier molecular flexibility index (Phi) is 6.29. The molecule has 1 saturated carbocycles. The molecular formula is C23H21Cl3N2O3. The maximum atomic E-state index is 13.4. The van der Waals surface area contributed by atoms with Crippen molar-refractivity contribution in [3.8, 4) is 0 Å². The SMILES string of the molecule is C[C@@H]1CC[C@H]2C(=O)N(N(Cc3ccc(Cl)c(Cl)c3)C(=O)c3ccc(Cl)cc3)C(=O)[C@H]2C1. The minimum Gasteiger partial charge on any atom is -0.272 e. The Balaban J connectivity index is 1.71. The van der Waals surface area contributed by atoms with Gasteiger partial charge in [0.2, 0.25) is 0 Å². The summed E-state index contributed by atoms with van der Waals surface area (Å²) in [6, 6.07) is 11.3. The third-order valence-corrected chi connectivity index (χ3v) is 7.04. The van der Waals surface area contributed by atoms with E-state index in [1.54, 1.807) is 42.5 Å². The van der Waals surface area contributed by atoms with Gasteiger partial charge < -0.3 is 0 Å². The van der Waals surface area contributed by atoms with Gasteiger partial charge in [0.25, 0.3) is 17.7 Å². The second kappa shape index (κ2) is 8.81. The van der Waals surface area contributed by atoms with Gasteiger partial charge in [-0.05, 0) is 67.1 Å². The fourth-order valence-corrected chi connectivity index (χ4v) is 4.84. The number of rotatable bonds is 4. The second-order valence-electron chi connectivity index (χ2n) is 8.24. The highest BCUT2D eigenvalue weighted by Crippen LogP contribution is 2.41. The Bertz CT molecular complexity index is 1040. The first-order chi connectivity index (χ1) is 14.8. The number of fused-ring (bicyclic) bond motifs is 1. The van der Waals surface area contributed by atoms with Gasteiger partial charge in [0.05, 0.1) is 28.4 Å². The predicted octanol–water partition coefficient (Wildman–Crippen LogP) is 5.63. The standard InChI is InChI=1S/C23H21Cl3N2O3/c1-13-2-8-17-18(10-13)23(31)28(22(17)30)27(12-14-3-9-19(25)20(26)11-14)21(29)15-4-6-16(24)7-5-15/h3-7,9,11,13,17-18H,2,8,10,12H2,1H3/t13-,17-,18+/m1/s1. The summed E-state index contributed by atoms with van der Waals surface area (Å²) in [5.74, 6) is -1.48. The highest BCUT2D eigenvalue weighted by atomic mass is 35.5. The van der Waals surface area contributed by atoms with Crippen LogP contribution in [-0.2, 0) is 16.1 Å². The van der Waals surface area contributed by atoms with Crippen LogP contribution in [0.15, 0.2) is 42.5 Å². The van der Waals surface area contributed by atoms with E-state index in [0.717, 1.165) is 11.4 Å². The molecule has 0 radical (unpaired) electrons. The first kappa shape index (κ1) is 22.1. The predicted molar refractivity (Wildman–Crippen MR) is 120 cm³/mol. The molecule has 0 aromatic heterocycles. The van der Waals surface area contributed by atoms with Crippen molar-refractivity contribution < 1.29 is 14.4 Å². The molecule has 1 aliphatic heterocycles. The van der Waals surface area contributed by atoms with Crippen molar-refractivity contribution in [1.29, 1.82) is 0 Å². The number of benzene rings is 2. The second-order valence-corrected chi connectivity index (χ2v) is 9.49. The minimum atomic E-state index is -0.462. The van der Waals surface area contributed by atoms with Crippen LogP contribution in [0.3, 0.4) is 0 Å². The molecule has 8 heteroatoms. The van der Waals surface area contributed by atoms with Gasteiger partial charge >= 0.3 is 0 Å². The average Bonchev–Trinajstić information content (AvgIpc) is 2.98. The molecule has 2 aromatic rings. The lowest BCUT2D eigenvalue weighted by molar-refractivity contribution is -0.155. The van der Waals surface area contributed by atoms with Crippen LogP contribution in [0, 0.1) is 17.8 Å². The number of imide groups is 1. The molecule has 4 rings (SSSR count). The van der Waals surface area contributed by atoms with Crippen molar-refractivity contribution in [2.45, 2.75) is 32.7 Å². The maximum absolute atomic E-state index is 13.4. The molecule has 0 bridgehead atoms. The van der Waals surface area contributed by atoms with Crippen molar-refractivity contribution in [2.75, 3.05) is 0 Å². The first-order valence-corrected chi connectivity index (χ1v) is 11.3. The molecular weight excluding hydrogens is 459 g/mol. The molecule has 1 heterocycles. The lowest BCUT2D eigenvalue weighted by Gasteiger charge is -2.31. The Hall–Kier alpha value is -2.08. The fraction of sp³-hybridized carbons (Fsp3) is 0.348. The third-order valence-electron chi connectivity index (χ3n) is 6.05. The van der Waals surface area contributed by atoms with Crippen molar-refractivity contribution in [3.63, 3.8) is 0 Å². The molecule has 3 amide bonds. The Morgan fingerprint density at radius 1 is 0.968 bits per heavy atom. The summed E-state index contributed by atoms with van der Waals surface area (Å²) in [6.45, 7) is 2.09. The third kappa shape index (κ3) is 4.32. The molecule has 2 aliphatic rings. The summed E-state index contributed by atoms with van der Waals surface area (Å²) >= 11 is 18.1. The van der Waals surface area contributed by atoms with Crippen LogP contribution >= 0.6 is 34.8 Å². The molecule has 2 fully saturated rings. The number of amides is 3. The van der Waals surface area contributed by atoms with E-state index in [2.05, 4.69) is 6.92 Å². The van der Waals surface area contributed by atoms with E-state index in [1.165, 1.54) is 5.01 Å². The largest absolute Gasteiger partial charge is 0.273 e. The normalized spacial score (nSPS) is 23.1. The minimum absolute atomic E-state index is 0.00478. The number of hydrogen-bond donors (Lipinski definition) is 0.